The van der Waals surface area contributed by atoms with Gasteiger partial charge in [0, 0.05) is 0 Å². The SMILES string of the molecule is CC(C)Oc1ccc(C=C2SC(=O)NC2=O)cc1. The maximum atomic E-state index is 11.4. The summed E-state index contributed by atoms with van der Waals surface area (Å²) in [5, 5.41) is 1.89. The summed E-state index contributed by atoms with van der Waals surface area (Å²) in [4.78, 5) is 22.8. The molecule has 0 radical (unpaired) electrons. The van der Waals surface area contributed by atoms with Crippen LogP contribution in [0.2, 0.25) is 0 Å². The lowest BCUT2D eigenvalue weighted by Crippen LogP contribution is -2.17. The molecule has 0 spiro atoms. The fourth-order valence-corrected chi connectivity index (χ4v) is 2.17. The molecule has 18 heavy (non-hydrogen) atoms. The first-order valence-electron chi connectivity index (χ1n) is 5.56. The van der Waals surface area contributed by atoms with Crippen molar-refractivity contribution in [3.8, 4) is 5.75 Å². The lowest BCUT2D eigenvalue weighted by Gasteiger charge is -2.09. The summed E-state index contributed by atoms with van der Waals surface area (Å²) in [6, 6.07) is 7.38. The quantitative estimate of drug-likeness (QED) is 0.852. The molecule has 1 fully saturated rings. The molecule has 0 bridgehead atoms. The molecule has 1 aromatic rings. The number of benzene rings is 1. The van der Waals surface area contributed by atoms with Gasteiger partial charge in [0.2, 0.25) is 0 Å². The monoisotopic (exact) mass is 263 g/mol. The fraction of sp³-hybridized carbons (Fsp3) is 0.231. The highest BCUT2D eigenvalue weighted by atomic mass is 32.2. The molecule has 0 atom stereocenters. The van der Waals surface area contributed by atoms with Crippen LogP contribution in [0.15, 0.2) is 29.2 Å². The van der Waals surface area contributed by atoms with Crippen LogP contribution in [0.5, 0.6) is 5.75 Å². The summed E-state index contributed by atoms with van der Waals surface area (Å²) < 4.78 is 5.52. The number of rotatable bonds is 3. The molecule has 4 nitrogen and oxygen atoms in total. The first-order chi connectivity index (χ1) is 8.54. The third-order valence-corrected chi connectivity index (χ3v) is 3.00. The molecule has 5 heteroatoms. The Morgan fingerprint density at radius 1 is 1.22 bits per heavy atom. The number of carbonyl (C=O) groups is 2. The highest BCUT2D eigenvalue weighted by molar-refractivity contribution is 8.18. The van der Waals surface area contributed by atoms with Gasteiger partial charge in [-0.2, -0.15) is 0 Å². The van der Waals surface area contributed by atoms with Gasteiger partial charge in [-0.1, -0.05) is 12.1 Å². The second kappa shape index (κ2) is 5.27. The molecular weight excluding hydrogens is 250 g/mol. The topological polar surface area (TPSA) is 55.4 Å². The molecule has 1 saturated heterocycles. The Hall–Kier alpha value is -1.75. The highest BCUT2D eigenvalue weighted by Gasteiger charge is 2.24. The second-order valence-corrected chi connectivity index (χ2v) is 5.10. The molecule has 94 valence electrons. The lowest BCUT2D eigenvalue weighted by atomic mass is 10.2. The van der Waals surface area contributed by atoms with Gasteiger partial charge in [-0.25, -0.2) is 0 Å². The molecular formula is C13H13NO3S. The van der Waals surface area contributed by atoms with Gasteiger partial charge in [0.15, 0.2) is 0 Å². The molecule has 1 aromatic carbocycles. The zero-order valence-electron chi connectivity index (χ0n) is 10.1. The van der Waals surface area contributed by atoms with Crippen molar-refractivity contribution >= 4 is 29.0 Å². The largest absolute Gasteiger partial charge is 0.491 e. The smallest absolute Gasteiger partial charge is 0.290 e. The summed E-state index contributed by atoms with van der Waals surface area (Å²) in [6.45, 7) is 3.92. The average molecular weight is 263 g/mol. The normalized spacial score (nSPS) is 17.4. The summed E-state index contributed by atoms with van der Waals surface area (Å²) in [5.41, 5.74) is 0.860. The summed E-state index contributed by atoms with van der Waals surface area (Å²) in [6.07, 6.45) is 1.81. The number of ether oxygens (including phenoxy) is 1. The number of carbonyl (C=O) groups excluding carboxylic acids is 2. The molecule has 2 amide bonds. The Morgan fingerprint density at radius 2 is 1.89 bits per heavy atom. The Bertz CT molecular complexity index is 505. The van der Waals surface area contributed by atoms with E-state index < -0.39 is 0 Å². The minimum atomic E-state index is -0.340. The fourth-order valence-electron chi connectivity index (χ4n) is 1.49. The molecule has 0 aliphatic carbocycles. The number of thioether (sulfide) groups is 1. The van der Waals surface area contributed by atoms with Crippen molar-refractivity contribution in [2.75, 3.05) is 0 Å². The molecule has 1 aliphatic rings. The highest BCUT2D eigenvalue weighted by Crippen LogP contribution is 2.26. The number of hydrogen-bond acceptors (Lipinski definition) is 4. The van der Waals surface area contributed by atoms with Gasteiger partial charge in [0.05, 0.1) is 11.0 Å². The van der Waals surface area contributed by atoms with Gasteiger partial charge in [-0.05, 0) is 49.4 Å². The van der Waals surface area contributed by atoms with Gasteiger partial charge in [0.1, 0.15) is 5.75 Å². The minimum Gasteiger partial charge on any atom is -0.491 e. The standard InChI is InChI=1S/C13H13NO3S/c1-8(2)17-10-5-3-9(4-6-10)7-11-12(15)14-13(16)18-11/h3-8H,1-2H3,(H,14,15,16). The van der Waals surface area contributed by atoms with Crippen molar-refractivity contribution in [2.45, 2.75) is 20.0 Å². The van der Waals surface area contributed by atoms with Gasteiger partial charge in [-0.15, -0.1) is 0 Å². The van der Waals surface area contributed by atoms with Gasteiger partial charge < -0.3 is 4.74 Å². The van der Waals surface area contributed by atoms with Crippen LogP contribution < -0.4 is 10.1 Å². The van der Waals surface area contributed by atoms with Crippen LogP contribution in [0.3, 0.4) is 0 Å². The van der Waals surface area contributed by atoms with Crippen molar-refractivity contribution in [1.29, 1.82) is 0 Å². The number of nitrogens with one attached hydrogen (secondary N) is 1. The zero-order valence-corrected chi connectivity index (χ0v) is 10.9. The minimum absolute atomic E-state index is 0.128. The van der Waals surface area contributed by atoms with Crippen LogP contribution in [-0.2, 0) is 4.79 Å². The predicted octanol–water partition coefficient (Wildman–Crippen LogP) is 2.80. The molecule has 0 saturated carbocycles. The number of amides is 2. The van der Waals surface area contributed by atoms with E-state index in [0.29, 0.717) is 4.91 Å². The first-order valence-corrected chi connectivity index (χ1v) is 6.38. The van der Waals surface area contributed by atoms with Crippen molar-refractivity contribution in [3.05, 3.63) is 34.7 Å². The maximum Gasteiger partial charge on any atom is 0.290 e. The predicted molar refractivity (Wildman–Crippen MR) is 71.3 cm³/mol. The Labute approximate surface area is 109 Å². The molecule has 0 aromatic heterocycles. The van der Waals surface area contributed by atoms with E-state index in [1.807, 2.05) is 38.1 Å². The van der Waals surface area contributed by atoms with Gasteiger partial charge in [0.25, 0.3) is 11.1 Å². The van der Waals surface area contributed by atoms with E-state index in [1.165, 1.54) is 0 Å². The molecule has 1 aliphatic heterocycles. The van der Waals surface area contributed by atoms with E-state index in [1.54, 1.807) is 6.08 Å². The van der Waals surface area contributed by atoms with E-state index in [4.69, 9.17) is 4.74 Å². The van der Waals surface area contributed by atoms with Gasteiger partial charge >= 0.3 is 0 Å². The first kappa shape index (κ1) is 12.7. The number of imide groups is 1. The van der Waals surface area contributed by atoms with E-state index in [9.17, 15) is 9.59 Å². The van der Waals surface area contributed by atoms with Crippen molar-refractivity contribution in [2.24, 2.45) is 0 Å². The van der Waals surface area contributed by atoms with E-state index in [-0.39, 0.29) is 17.3 Å². The van der Waals surface area contributed by atoms with Crippen LogP contribution in [0.4, 0.5) is 4.79 Å². The summed E-state index contributed by atoms with van der Waals surface area (Å²) in [5.74, 6) is 0.444. The Kier molecular flexibility index (Phi) is 3.72. The molecule has 2 rings (SSSR count). The summed E-state index contributed by atoms with van der Waals surface area (Å²) >= 11 is 0.914. The van der Waals surface area contributed by atoms with Crippen LogP contribution in [0.1, 0.15) is 19.4 Å². The van der Waals surface area contributed by atoms with E-state index >= 15 is 0 Å². The third-order valence-electron chi connectivity index (χ3n) is 2.19. The van der Waals surface area contributed by atoms with Crippen molar-refractivity contribution < 1.29 is 14.3 Å². The van der Waals surface area contributed by atoms with Crippen LogP contribution in [-0.4, -0.2) is 17.3 Å². The Morgan fingerprint density at radius 3 is 2.39 bits per heavy atom. The van der Waals surface area contributed by atoms with Crippen LogP contribution in [0.25, 0.3) is 6.08 Å². The van der Waals surface area contributed by atoms with Crippen LogP contribution >= 0.6 is 11.8 Å². The lowest BCUT2D eigenvalue weighted by molar-refractivity contribution is -0.115. The molecule has 1 heterocycles. The second-order valence-electron chi connectivity index (χ2n) is 4.09. The van der Waals surface area contributed by atoms with Gasteiger partial charge in [-0.3, -0.25) is 14.9 Å². The summed E-state index contributed by atoms with van der Waals surface area (Å²) in [7, 11) is 0. The van der Waals surface area contributed by atoms with E-state index in [2.05, 4.69) is 5.32 Å². The van der Waals surface area contributed by atoms with Crippen molar-refractivity contribution in [3.63, 3.8) is 0 Å². The molecule has 1 N–H and O–H groups in total. The maximum absolute atomic E-state index is 11.4. The molecule has 0 unspecified atom stereocenters. The average Bonchev–Trinajstić information content (AvgIpc) is 2.59. The Balaban J connectivity index is 2.13. The van der Waals surface area contributed by atoms with Crippen molar-refractivity contribution in [1.82, 2.24) is 5.32 Å². The van der Waals surface area contributed by atoms with E-state index in [0.717, 1.165) is 23.1 Å². The van der Waals surface area contributed by atoms with Crippen LogP contribution in [0, 0.1) is 0 Å². The third kappa shape index (κ3) is 3.13. The zero-order chi connectivity index (χ0) is 13.1. The number of hydrogen-bond donors (Lipinski definition) is 1.